The summed E-state index contributed by atoms with van der Waals surface area (Å²) in [6.45, 7) is 1.87. The summed E-state index contributed by atoms with van der Waals surface area (Å²) >= 11 is 0. The van der Waals surface area contributed by atoms with E-state index in [1.165, 1.54) is 0 Å². The molecule has 0 aliphatic carbocycles. The third kappa shape index (κ3) is 3.02. The van der Waals surface area contributed by atoms with Crippen molar-refractivity contribution < 1.29 is 13.2 Å². The van der Waals surface area contributed by atoms with Crippen LogP contribution in [0.5, 0.6) is 5.75 Å². The van der Waals surface area contributed by atoms with Gasteiger partial charge in [0.1, 0.15) is 11.6 Å². The molecule has 0 fully saturated rings. The van der Waals surface area contributed by atoms with E-state index in [0.29, 0.717) is 6.42 Å². The molecule has 0 atom stereocenters. The summed E-state index contributed by atoms with van der Waals surface area (Å²) in [4.78, 5) is 0. The van der Waals surface area contributed by atoms with Gasteiger partial charge in [0.25, 0.3) is 0 Å². The third-order valence-electron chi connectivity index (χ3n) is 4.08. The number of aromatic nitrogens is 3. The lowest BCUT2D eigenvalue weighted by Gasteiger charge is -2.10. The van der Waals surface area contributed by atoms with Gasteiger partial charge in [0.15, 0.2) is 0 Å². The average Bonchev–Trinajstić information content (AvgIpc) is 3.03. The van der Waals surface area contributed by atoms with Gasteiger partial charge in [0.05, 0.1) is 24.1 Å². The number of hydrogen-bond acceptors (Lipinski definition) is 4. The molecule has 0 bridgehead atoms. The molecule has 8 heteroatoms. The van der Waals surface area contributed by atoms with E-state index in [9.17, 15) is 8.42 Å². The zero-order valence-corrected chi connectivity index (χ0v) is 14.7. The van der Waals surface area contributed by atoms with Crippen LogP contribution in [0.25, 0.3) is 16.7 Å². The van der Waals surface area contributed by atoms with Crippen molar-refractivity contribution in [3.05, 3.63) is 41.7 Å². The average molecular weight is 348 g/mol. The first kappa shape index (κ1) is 16.5. The van der Waals surface area contributed by atoms with Crippen molar-refractivity contribution in [3.63, 3.8) is 0 Å². The maximum atomic E-state index is 11.3. The maximum Gasteiger partial charge on any atom is 0.209 e. The van der Waals surface area contributed by atoms with Gasteiger partial charge in [-0.15, -0.1) is 0 Å². The number of nitrogens with zero attached hydrogens (tertiary/aromatic N) is 3. The van der Waals surface area contributed by atoms with Gasteiger partial charge in [-0.25, -0.2) is 13.6 Å². The van der Waals surface area contributed by atoms with Gasteiger partial charge in [0.2, 0.25) is 10.0 Å². The lowest BCUT2D eigenvalue weighted by Crippen LogP contribution is -2.18. The van der Waals surface area contributed by atoms with Gasteiger partial charge in [-0.1, -0.05) is 0 Å². The summed E-state index contributed by atoms with van der Waals surface area (Å²) in [6, 6.07) is 7.84. The SMILES string of the molecule is COc1ccc2ccn(-c3c(CCS(N)(=O)=O)c(C)nn3C)c2c1. The molecule has 7 nitrogen and oxygen atoms in total. The van der Waals surface area contributed by atoms with Crippen LogP contribution in [-0.2, 0) is 23.5 Å². The Morgan fingerprint density at radius 2 is 2.04 bits per heavy atom. The molecule has 0 amide bonds. The van der Waals surface area contributed by atoms with Crippen LogP contribution in [0.1, 0.15) is 11.3 Å². The minimum absolute atomic E-state index is 0.116. The fraction of sp³-hybridized carbons (Fsp3) is 0.312. The smallest absolute Gasteiger partial charge is 0.209 e. The Hall–Kier alpha value is -2.32. The molecule has 0 spiro atoms. The summed E-state index contributed by atoms with van der Waals surface area (Å²) in [5.41, 5.74) is 2.63. The number of benzene rings is 1. The summed E-state index contributed by atoms with van der Waals surface area (Å²) in [5, 5.41) is 10.7. The standard InChI is InChI=1S/C16H20N4O3S/c1-11-14(7-9-24(17,21)22)16(19(2)18-11)20-8-6-12-4-5-13(23-3)10-15(12)20/h4-6,8,10H,7,9H2,1-3H3,(H2,17,21,22). The number of rotatable bonds is 5. The van der Waals surface area contributed by atoms with Crippen molar-refractivity contribution in [1.29, 1.82) is 0 Å². The first-order valence-electron chi connectivity index (χ1n) is 7.48. The van der Waals surface area contributed by atoms with Crippen LogP contribution in [0.2, 0.25) is 0 Å². The van der Waals surface area contributed by atoms with Crippen molar-refractivity contribution >= 4 is 20.9 Å². The number of aryl methyl sites for hydroxylation is 2. The highest BCUT2D eigenvalue weighted by atomic mass is 32.2. The fourth-order valence-electron chi connectivity index (χ4n) is 2.95. The molecular weight excluding hydrogens is 328 g/mol. The first-order chi connectivity index (χ1) is 11.3. The van der Waals surface area contributed by atoms with E-state index >= 15 is 0 Å². The third-order valence-corrected chi connectivity index (χ3v) is 4.85. The van der Waals surface area contributed by atoms with Crippen LogP contribution in [0.3, 0.4) is 0 Å². The van der Waals surface area contributed by atoms with Crippen LogP contribution in [0.4, 0.5) is 0 Å². The molecule has 3 rings (SSSR count). The number of nitrogens with two attached hydrogens (primary N) is 1. The predicted octanol–water partition coefficient (Wildman–Crippen LogP) is 1.51. The van der Waals surface area contributed by atoms with Gasteiger partial charge in [-0.2, -0.15) is 5.10 Å². The molecule has 2 N–H and O–H groups in total. The van der Waals surface area contributed by atoms with Crippen molar-refractivity contribution in [3.8, 4) is 11.6 Å². The molecule has 3 aromatic rings. The number of sulfonamides is 1. The second-order valence-electron chi connectivity index (χ2n) is 5.74. The van der Waals surface area contributed by atoms with Crippen LogP contribution < -0.4 is 9.88 Å². The van der Waals surface area contributed by atoms with Crippen molar-refractivity contribution in [2.24, 2.45) is 12.2 Å². The van der Waals surface area contributed by atoms with Gasteiger partial charge in [-0.05, 0) is 31.5 Å². The van der Waals surface area contributed by atoms with Gasteiger partial charge < -0.3 is 9.30 Å². The molecule has 24 heavy (non-hydrogen) atoms. The van der Waals surface area contributed by atoms with Gasteiger partial charge in [0, 0.05) is 30.3 Å². The Balaban J connectivity index is 2.16. The molecule has 0 aliphatic heterocycles. The van der Waals surface area contributed by atoms with E-state index in [2.05, 4.69) is 5.10 Å². The molecule has 128 valence electrons. The molecule has 0 radical (unpaired) electrons. The molecule has 0 unspecified atom stereocenters. The summed E-state index contributed by atoms with van der Waals surface area (Å²) in [7, 11) is -0.0676. The minimum Gasteiger partial charge on any atom is -0.497 e. The molecule has 0 saturated heterocycles. The highest BCUT2D eigenvalue weighted by Gasteiger charge is 2.18. The van der Waals surface area contributed by atoms with Crippen molar-refractivity contribution in [1.82, 2.24) is 14.3 Å². The van der Waals surface area contributed by atoms with E-state index in [-0.39, 0.29) is 5.75 Å². The van der Waals surface area contributed by atoms with E-state index in [1.54, 1.807) is 11.8 Å². The molecule has 0 aliphatic rings. The Bertz CT molecular complexity index is 1000. The molecular formula is C16H20N4O3S. The van der Waals surface area contributed by atoms with Crippen molar-refractivity contribution in [2.45, 2.75) is 13.3 Å². The van der Waals surface area contributed by atoms with Gasteiger partial charge in [-0.3, -0.25) is 4.68 Å². The van der Waals surface area contributed by atoms with Crippen LogP contribution in [0.15, 0.2) is 30.5 Å². The van der Waals surface area contributed by atoms with E-state index in [0.717, 1.165) is 33.7 Å². The minimum atomic E-state index is -3.53. The van der Waals surface area contributed by atoms with Crippen LogP contribution in [0, 0.1) is 6.92 Å². The zero-order valence-electron chi connectivity index (χ0n) is 13.9. The Morgan fingerprint density at radius 1 is 1.29 bits per heavy atom. The lowest BCUT2D eigenvalue weighted by molar-refractivity contribution is 0.415. The lowest BCUT2D eigenvalue weighted by atomic mass is 10.2. The maximum absolute atomic E-state index is 11.3. The normalized spacial score (nSPS) is 12.0. The molecule has 2 heterocycles. The van der Waals surface area contributed by atoms with Crippen molar-refractivity contribution in [2.75, 3.05) is 12.9 Å². The summed E-state index contributed by atoms with van der Waals surface area (Å²) in [6.07, 6.45) is 2.26. The van der Waals surface area contributed by atoms with E-state index < -0.39 is 10.0 Å². The number of primary sulfonamides is 1. The second kappa shape index (κ2) is 5.95. The highest BCUT2D eigenvalue weighted by molar-refractivity contribution is 7.89. The zero-order chi connectivity index (χ0) is 17.5. The van der Waals surface area contributed by atoms with E-state index in [1.807, 2.05) is 49.0 Å². The summed E-state index contributed by atoms with van der Waals surface area (Å²) < 4.78 is 31.7. The number of methoxy groups -OCH3 is 1. The fourth-order valence-corrected chi connectivity index (χ4v) is 3.44. The van der Waals surface area contributed by atoms with E-state index in [4.69, 9.17) is 9.88 Å². The largest absolute Gasteiger partial charge is 0.497 e. The molecule has 0 saturated carbocycles. The topological polar surface area (TPSA) is 92.1 Å². The quantitative estimate of drug-likeness (QED) is 0.756. The Kier molecular flexibility index (Phi) is 4.10. The van der Waals surface area contributed by atoms with Crippen LogP contribution in [-0.4, -0.2) is 35.6 Å². The van der Waals surface area contributed by atoms with Gasteiger partial charge >= 0.3 is 0 Å². The number of ether oxygens (including phenoxy) is 1. The number of fused-ring (bicyclic) bond motifs is 1. The Labute approximate surface area is 140 Å². The second-order valence-corrected chi connectivity index (χ2v) is 7.47. The monoisotopic (exact) mass is 348 g/mol. The molecule has 2 aromatic heterocycles. The Morgan fingerprint density at radius 3 is 2.71 bits per heavy atom. The predicted molar refractivity (Wildman–Crippen MR) is 93.0 cm³/mol. The summed E-state index contributed by atoms with van der Waals surface area (Å²) in [5.74, 6) is 1.47. The van der Waals surface area contributed by atoms with Crippen LogP contribution >= 0.6 is 0 Å². The molecule has 1 aromatic carbocycles. The number of hydrogen-bond donors (Lipinski definition) is 1. The first-order valence-corrected chi connectivity index (χ1v) is 9.20. The highest BCUT2D eigenvalue weighted by Crippen LogP contribution is 2.27.